The van der Waals surface area contributed by atoms with E-state index in [1.54, 1.807) is 0 Å². The molecule has 0 radical (unpaired) electrons. The van der Waals surface area contributed by atoms with Crippen LogP contribution in [0.2, 0.25) is 0 Å². The van der Waals surface area contributed by atoms with Gasteiger partial charge in [-0.1, -0.05) is 29.8 Å². The van der Waals surface area contributed by atoms with E-state index in [0.29, 0.717) is 0 Å². The van der Waals surface area contributed by atoms with E-state index in [0.717, 1.165) is 11.1 Å². The van der Waals surface area contributed by atoms with Crippen molar-refractivity contribution in [3.8, 4) is 0 Å². The zero-order chi connectivity index (χ0) is 9.84. The van der Waals surface area contributed by atoms with E-state index in [9.17, 15) is 9.90 Å². The zero-order valence-electron chi connectivity index (χ0n) is 7.62. The monoisotopic (exact) mass is 179 g/mol. The highest BCUT2D eigenvalue weighted by molar-refractivity contribution is 5.65. The van der Waals surface area contributed by atoms with E-state index in [1.165, 1.54) is 0 Å². The SMILES string of the molecule is Cc1ccc([C@@H]([NH3+])CC(=O)[O-])cc1. The Labute approximate surface area is 77.2 Å². The Kier molecular flexibility index (Phi) is 3.03. The van der Waals surface area contributed by atoms with Gasteiger partial charge in [0, 0.05) is 18.0 Å². The average molecular weight is 179 g/mol. The molecule has 0 bridgehead atoms. The van der Waals surface area contributed by atoms with Crippen LogP contribution in [0.5, 0.6) is 0 Å². The van der Waals surface area contributed by atoms with Gasteiger partial charge >= 0.3 is 0 Å². The van der Waals surface area contributed by atoms with Crippen LogP contribution in [-0.2, 0) is 4.79 Å². The van der Waals surface area contributed by atoms with Crippen LogP contribution in [0.15, 0.2) is 24.3 Å². The molecule has 13 heavy (non-hydrogen) atoms. The Hall–Kier alpha value is -1.35. The molecule has 3 N–H and O–H groups in total. The first-order valence-electron chi connectivity index (χ1n) is 4.19. The first-order chi connectivity index (χ1) is 6.09. The third-order valence-corrected chi connectivity index (χ3v) is 1.96. The maximum atomic E-state index is 10.3. The minimum atomic E-state index is -1.06. The third kappa shape index (κ3) is 2.87. The molecular formula is C10H13NO2. The smallest absolute Gasteiger partial charge is 0.115 e. The van der Waals surface area contributed by atoms with Crippen LogP contribution in [0.1, 0.15) is 23.6 Å². The molecule has 70 valence electrons. The van der Waals surface area contributed by atoms with Crippen LogP contribution in [0.25, 0.3) is 0 Å². The van der Waals surface area contributed by atoms with Crippen molar-refractivity contribution in [1.82, 2.24) is 0 Å². The van der Waals surface area contributed by atoms with Crippen molar-refractivity contribution in [3.63, 3.8) is 0 Å². The fourth-order valence-corrected chi connectivity index (χ4v) is 1.16. The van der Waals surface area contributed by atoms with Crippen molar-refractivity contribution in [1.29, 1.82) is 0 Å². The molecule has 0 aliphatic heterocycles. The van der Waals surface area contributed by atoms with Gasteiger partial charge in [-0.25, -0.2) is 0 Å². The average Bonchev–Trinajstić information content (AvgIpc) is 2.04. The van der Waals surface area contributed by atoms with Crippen molar-refractivity contribution in [2.75, 3.05) is 0 Å². The summed E-state index contributed by atoms with van der Waals surface area (Å²) in [4.78, 5) is 10.3. The van der Waals surface area contributed by atoms with Crippen LogP contribution >= 0.6 is 0 Å². The number of carbonyl (C=O) groups excluding carboxylic acids is 1. The molecule has 0 aromatic heterocycles. The summed E-state index contributed by atoms with van der Waals surface area (Å²) in [6.45, 7) is 1.99. The first kappa shape index (κ1) is 9.74. The maximum Gasteiger partial charge on any atom is 0.115 e. The molecule has 1 rings (SSSR count). The summed E-state index contributed by atoms with van der Waals surface area (Å²) in [5, 5.41) is 10.3. The quantitative estimate of drug-likeness (QED) is 0.674. The molecule has 0 fully saturated rings. The molecule has 0 saturated carbocycles. The first-order valence-corrected chi connectivity index (χ1v) is 4.19. The highest BCUT2D eigenvalue weighted by Gasteiger charge is 2.08. The number of hydrogen-bond acceptors (Lipinski definition) is 2. The second-order valence-electron chi connectivity index (χ2n) is 3.18. The molecule has 0 aliphatic rings. The van der Waals surface area contributed by atoms with Gasteiger partial charge in [0.15, 0.2) is 0 Å². The van der Waals surface area contributed by atoms with Crippen molar-refractivity contribution in [3.05, 3.63) is 35.4 Å². The number of rotatable bonds is 3. The Balaban J connectivity index is 2.71. The van der Waals surface area contributed by atoms with Gasteiger partial charge in [0.05, 0.1) is 0 Å². The molecule has 0 saturated heterocycles. The molecule has 0 spiro atoms. The molecule has 0 heterocycles. The molecule has 0 amide bonds. The summed E-state index contributed by atoms with van der Waals surface area (Å²) < 4.78 is 0. The van der Waals surface area contributed by atoms with Gasteiger partial charge < -0.3 is 15.6 Å². The number of aliphatic carboxylic acids is 1. The minimum absolute atomic E-state index is 0.0247. The summed E-state index contributed by atoms with van der Waals surface area (Å²) in [6.07, 6.45) is -0.0247. The third-order valence-electron chi connectivity index (χ3n) is 1.96. The molecule has 3 heteroatoms. The van der Waals surface area contributed by atoms with E-state index in [4.69, 9.17) is 0 Å². The van der Waals surface area contributed by atoms with Crippen LogP contribution in [0.4, 0.5) is 0 Å². The molecule has 1 atom stereocenters. The number of carbonyl (C=O) groups is 1. The number of quaternary nitrogens is 1. The number of carboxylic acids is 1. The minimum Gasteiger partial charge on any atom is -0.550 e. The summed E-state index contributed by atoms with van der Waals surface area (Å²) in [5.74, 6) is -1.06. The largest absolute Gasteiger partial charge is 0.550 e. The van der Waals surface area contributed by atoms with Gasteiger partial charge in [-0.15, -0.1) is 0 Å². The lowest BCUT2D eigenvalue weighted by Crippen LogP contribution is -2.55. The molecule has 1 aromatic carbocycles. The van der Waals surface area contributed by atoms with E-state index >= 15 is 0 Å². The number of aryl methyl sites for hydroxylation is 1. The van der Waals surface area contributed by atoms with Crippen molar-refractivity contribution >= 4 is 5.97 Å². The predicted octanol–water partition coefficient (Wildman–Crippen LogP) is -0.582. The maximum absolute atomic E-state index is 10.3. The lowest BCUT2D eigenvalue weighted by atomic mass is 10.0. The van der Waals surface area contributed by atoms with Crippen molar-refractivity contribution < 1.29 is 15.6 Å². The van der Waals surface area contributed by atoms with Crippen LogP contribution < -0.4 is 10.8 Å². The van der Waals surface area contributed by atoms with Crippen LogP contribution in [0, 0.1) is 6.92 Å². The normalized spacial score (nSPS) is 12.5. The number of carboxylic acid groups (broad SMARTS) is 1. The molecule has 3 nitrogen and oxygen atoms in total. The summed E-state index contributed by atoms with van der Waals surface area (Å²) in [5.41, 5.74) is 5.85. The van der Waals surface area contributed by atoms with E-state index in [2.05, 4.69) is 5.73 Å². The standard InChI is InChI=1S/C10H13NO2/c1-7-2-4-8(5-3-7)9(11)6-10(12)13/h2-5,9H,6,11H2,1H3,(H,12,13)/t9-/m0/s1. The Bertz CT molecular complexity index is 292. The second-order valence-corrected chi connectivity index (χ2v) is 3.18. The van der Waals surface area contributed by atoms with Gasteiger partial charge in [-0.2, -0.15) is 0 Å². The molecule has 1 aromatic rings. The molecule has 0 unspecified atom stereocenters. The molecule has 0 aliphatic carbocycles. The summed E-state index contributed by atoms with van der Waals surface area (Å²) in [7, 11) is 0. The van der Waals surface area contributed by atoms with Gasteiger partial charge in [-0.3, -0.25) is 0 Å². The predicted molar refractivity (Wildman–Crippen MR) is 46.4 cm³/mol. The highest BCUT2D eigenvalue weighted by Crippen LogP contribution is 2.12. The van der Waals surface area contributed by atoms with Crippen molar-refractivity contribution in [2.45, 2.75) is 19.4 Å². The zero-order valence-corrected chi connectivity index (χ0v) is 7.62. The van der Waals surface area contributed by atoms with E-state index in [1.807, 2.05) is 31.2 Å². The summed E-state index contributed by atoms with van der Waals surface area (Å²) >= 11 is 0. The van der Waals surface area contributed by atoms with Gasteiger partial charge in [0.25, 0.3) is 0 Å². The molecular weight excluding hydrogens is 166 g/mol. The van der Waals surface area contributed by atoms with Gasteiger partial charge in [-0.05, 0) is 6.92 Å². The topological polar surface area (TPSA) is 67.8 Å². The Morgan fingerprint density at radius 3 is 2.46 bits per heavy atom. The van der Waals surface area contributed by atoms with Gasteiger partial charge in [0.2, 0.25) is 0 Å². The van der Waals surface area contributed by atoms with Gasteiger partial charge in [0.1, 0.15) is 6.04 Å². The van der Waals surface area contributed by atoms with Crippen LogP contribution in [-0.4, -0.2) is 5.97 Å². The fourth-order valence-electron chi connectivity index (χ4n) is 1.16. The van der Waals surface area contributed by atoms with E-state index in [-0.39, 0.29) is 12.5 Å². The highest BCUT2D eigenvalue weighted by atomic mass is 16.4. The fraction of sp³-hybridized carbons (Fsp3) is 0.300. The number of hydrogen-bond donors (Lipinski definition) is 1. The van der Waals surface area contributed by atoms with Crippen molar-refractivity contribution in [2.24, 2.45) is 0 Å². The second kappa shape index (κ2) is 4.05. The Morgan fingerprint density at radius 1 is 1.46 bits per heavy atom. The summed E-state index contributed by atoms with van der Waals surface area (Å²) in [6, 6.07) is 7.47. The van der Waals surface area contributed by atoms with Crippen LogP contribution in [0.3, 0.4) is 0 Å². The lowest BCUT2D eigenvalue weighted by molar-refractivity contribution is -0.430. The lowest BCUT2D eigenvalue weighted by Gasteiger charge is -2.09. The number of benzene rings is 1. The Morgan fingerprint density at radius 2 is 2.00 bits per heavy atom. The van der Waals surface area contributed by atoms with E-state index < -0.39 is 5.97 Å².